The van der Waals surface area contributed by atoms with E-state index in [1.165, 1.54) is 0 Å². The molecule has 138 valence electrons. The molecular weight excluding hydrogens is 336 g/mol. The average Bonchev–Trinajstić information content (AvgIpc) is 2.87. The fourth-order valence-electron chi connectivity index (χ4n) is 3.83. The molecule has 0 spiro atoms. The molecule has 0 radical (unpaired) electrons. The summed E-state index contributed by atoms with van der Waals surface area (Å²) >= 11 is 0. The van der Waals surface area contributed by atoms with Crippen LogP contribution in [0.2, 0.25) is 0 Å². The molecule has 1 fully saturated rings. The first-order valence-electron chi connectivity index (χ1n) is 9.66. The number of hydrogen-bond acceptors (Lipinski definition) is 2. The third kappa shape index (κ3) is 3.39. The van der Waals surface area contributed by atoms with Gasteiger partial charge < -0.3 is 9.30 Å². The van der Waals surface area contributed by atoms with Crippen LogP contribution in [0.1, 0.15) is 41.7 Å². The van der Waals surface area contributed by atoms with Gasteiger partial charge in [0, 0.05) is 30.4 Å². The van der Waals surface area contributed by atoms with E-state index in [0.29, 0.717) is 18.8 Å². The molecule has 1 saturated heterocycles. The molecule has 3 heterocycles. The van der Waals surface area contributed by atoms with E-state index in [2.05, 4.69) is 0 Å². The minimum Gasteiger partial charge on any atom is -0.336 e. The molecule has 2 aromatic heterocycles. The monoisotopic (exact) mass is 360 g/mol. The molecule has 27 heavy (non-hydrogen) atoms. The minimum atomic E-state index is -0.418. The topological polar surface area (TPSA) is 41.8 Å². The molecule has 0 aliphatic carbocycles. The van der Waals surface area contributed by atoms with Gasteiger partial charge in [0.25, 0.3) is 11.7 Å². The van der Waals surface area contributed by atoms with Crippen LogP contribution in [0.25, 0.3) is 16.6 Å². The molecule has 0 unspecified atom stereocenters. The molecule has 3 aromatic rings. The summed E-state index contributed by atoms with van der Waals surface area (Å²) in [4.78, 5) is 28.0. The zero-order valence-electron chi connectivity index (χ0n) is 15.6. The van der Waals surface area contributed by atoms with Gasteiger partial charge in [0.15, 0.2) is 0 Å². The van der Waals surface area contributed by atoms with Gasteiger partial charge in [0.1, 0.15) is 5.69 Å². The maximum absolute atomic E-state index is 13.3. The second kappa shape index (κ2) is 7.39. The van der Waals surface area contributed by atoms with Gasteiger partial charge in [-0.15, -0.1) is 0 Å². The van der Waals surface area contributed by atoms with Crippen molar-refractivity contribution in [2.45, 2.75) is 32.6 Å². The van der Waals surface area contributed by atoms with Crippen LogP contribution in [0.5, 0.6) is 0 Å². The molecule has 1 aliphatic rings. The van der Waals surface area contributed by atoms with Gasteiger partial charge in [-0.25, -0.2) is 0 Å². The Hall–Kier alpha value is -2.88. The molecule has 4 rings (SSSR count). The van der Waals surface area contributed by atoms with E-state index in [9.17, 15) is 9.59 Å². The first-order chi connectivity index (χ1) is 13.1. The van der Waals surface area contributed by atoms with Crippen LogP contribution in [0.3, 0.4) is 0 Å². The first kappa shape index (κ1) is 17.5. The number of amides is 1. The first-order valence-corrected chi connectivity index (χ1v) is 9.66. The maximum Gasteiger partial charge on any atom is 0.296 e. The number of aromatic nitrogens is 1. The zero-order chi connectivity index (χ0) is 18.8. The van der Waals surface area contributed by atoms with Gasteiger partial charge in [-0.2, -0.15) is 0 Å². The van der Waals surface area contributed by atoms with Crippen LogP contribution in [-0.4, -0.2) is 34.1 Å². The number of nitrogens with zero attached hydrogens (tertiary/aromatic N) is 2. The van der Waals surface area contributed by atoms with E-state index < -0.39 is 5.78 Å². The van der Waals surface area contributed by atoms with E-state index in [0.717, 1.165) is 47.9 Å². The molecule has 4 nitrogen and oxygen atoms in total. The largest absolute Gasteiger partial charge is 0.336 e. The number of carbonyl (C=O) groups is 2. The number of fused-ring (bicyclic) bond motifs is 1. The summed E-state index contributed by atoms with van der Waals surface area (Å²) in [6, 6.07) is 15.9. The van der Waals surface area contributed by atoms with Crippen molar-refractivity contribution in [1.82, 2.24) is 9.30 Å². The van der Waals surface area contributed by atoms with Gasteiger partial charge in [-0.3, -0.25) is 9.59 Å². The van der Waals surface area contributed by atoms with Crippen LogP contribution in [0.4, 0.5) is 0 Å². The van der Waals surface area contributed by atoms with Gasteiger partial charge in [-0.05, 0) is 43.5 Å². The molecule has 0 atom stereocenters. The average molecular weight is 360 g/mol. The Morgan fingerprint density at radius 1 is 0.889 bits per heavy atom. The second-order valence-corrected chi connectivity index (χ2v) is 7.30. The Balaban J connectivity index is 1.79. The Morgan fingerprint density at radius 2 is 1.59 bits per heavy atom. The number of carbonyl (C=O) groups excluding carboxylic acids is 2. The maximum atomic E-state index is 13.3. The fourth-order valence-corrected chi connectivity index (χ4v) is 3.83. The van der Waals surface area contributed by atoms with E-state index in [-0.39, 0.29) is 5.91 Å². The van der Waals surface area contributed by atoms with Crippen LogP contribution in [-0.2, 0) is 4.79 Å². The highest BCUT2D eigenvalue weighted by Gasteiger charge is 2.28. The smallest absolute Gasteiger partial charge is 0.296 e. The number of pyridine rings is 1. The van der Waals surface area contributed by atoms with Crippen molar-refractivity contribution in [2.75, 3.05) is 13.1 Å². The fraction of sp³-hybridized carbons (Fsp3) is 0.304. The summed E-state index contributed by atoms with van der Waals surface area (Å²) in [6.45, 7) is 3.39. The molecule has 1 aliphatic heterocycles. The molecule has 0 saturated carbocycles. The Labute approximate surface area is 159 Å². The van der Waals surface area contributed by atoms with Crippen molar-refractivity contribution in [2.24, 2.45) is 0 Å². The summed E-state index contributed by atoms with van der Waals surface area (Å²) in [5.74, 6) is -0.798. The molecule has 1 amide bonds. The number of rotatable bonds is 3. The van der Waals surface area contributed by atoms with Gasteiger partial charge in [-0.1, -0.05) is 48.7 Å². The van der Waals surface area contributed by atoms with Crippen LogP contribution in [0.15, 0.2) is 54.7 Å². The number of likely N-dealkylation sites (tertiary alicyclic amines) is 1. The normalized spacial score (nSPS) is 14.9. The van der Waals surface area contributed by atoms with Crippen molar-refractivity contribution in [1.29, 1.82) is 0 Å². The highest BCUT2D eigenvalue weighted by molar-refractivity contribution is 6.43. The van der Waals surface area contributed by atoms with Crippen molar-refractivity contribution in [3.8, 4) is 11.1 Å². The van der Waals surface area contributed by atoms with Crippen molar-refractivity contribution in [3.05, 3.63) is 66.0 Å². The number of aryl methyl sites for hydroxylation is 1. The number of Topliss-reactive ketones (excluding diaryl/α,β-unsaturated/α-hetero) is 1. The summed E-state index contributed by atoms with van der Waals surface area (Å²) in [5.41, 5.74) is 4.31. The van der Waals surface area contributed by atoms with Crippen LogP contribution < -0.4 is 0 Å². The van der Waals surface area contributed by atoms with E-state index in [4.69, 9.17) is 0 Å². The number of ketones is 1. The lowest BCUT2D eigenvalue weighted by atomic mass is 10.0. The molecule has 1 aromatic carbocycles. The summed E-state index contributed by atoms with van der Waals surface area (Å²) in [5, 5.41) is 0. The molecular formula is C23H24N2O2. The SMILES string of the molecule is Cc1ccc(-c2cc3ccccn3c2C(=O)C(=O)N2CCCCCC2)cc1. The van der Waals surface area contributed by atoms with Crippen LogP contribution >= 0.6 is 0 Å². The number of benzene rings is 1. The summed E-state index contributed by atoms with van der Waals surface area (Å²) in [6.07, 6.45) is 6.05. The lowest BCUT2D eigenvalue weighted by Crippen LogP contribution is -2.37. The van der Waals surface area contributed by atoms with Crippen molar-refractivity contribution < 1.29 is 9.59 Å². The Kier molecular flexibility index (Phi) is 4.80. The lowest BCUT2D eigenvalue weighted by molar-refractivity contribution is -0.126. The highest BCUT2D eigenvalue weighted by atomic mass is 16.2. The zero-order valence-corrected chi connectivity index (χ0v) is 15.6. The second-order valence-electron chi connectivity index (χ2n) is 7.30. The van der Waals surface area contributed by atoms with Crippen LogP contribution in [0, 0.1) is 6.92 Å². The standard InChI is InChI=1S/C23H24N2O2/c1-17-9-11-18(12-10-17)20-16-19-8-4-7-15-25(19)21(20)22(26)23(27)24-13-5-2-3-6-14-24/h4,7-12,15-16H,2-3,5-6,13-14H2,1H3. The molecule has 0 bridgehead atoms. The van der Waals surface area contributed by atoms with E-state index >= 15 is 0 Å². The quantitative estimate of drug-likeness (QED) is 0.510. The van der Waals surface area contributed by atoms with Gasteiger partial charge in [0.2, 0.25) is 0 Å². The molecule has 0 N–H and O–H groups in total. The molecule has 4 heteroatoms. The third-order valence-electron chi connectivity index (χ3n) is 5.34. The third-order valence-corrected chi connectivity index (χ3v) is 5.34. The van der Waals surface area contributed by atoms with Crippen molar-refractivity contribution in [3.63, 3.8) is 0 Å². The van der Waals surface area contributed by atoms with Gasteiger partial charge >= 0.3 is 0 Å². The van der Waals surface area contributed by atoms with Crippen molar-refractivity contribution >= 4 is 17.2 Å². The van der Waals surface area contributed by atoms with E-state index in [1.807, 2.05) is 66.1 Å². The van der Waals surface area contributed by atoms with E-state index in [1.54, 1.807) is 4.90 Å². The Bertz CT molecular complexity index is 977. The Morgan fingerprint density at radius 3 is 2.30 bits per heavy atom. The van der Waals surface area contributed by atoms with Gasteiger partial charge in [0.05, 0.1) is 0 Å². The summed E-state index contributed by atoms with van der Waals surface area (Å²) in [7, 11) is 0. The summed E-state index contributed by atoms with van der Waals surface area (Å²) < 4.78 is 1.84. The lowest BCUT2D eigenvalue weighted by Gasteiger charge is -2.19. The number of hydrogen-bond donors (Lipinski definition) is 0. The highest BCUT2D eigenvalue weighted by Crippen LogP contribution is 2.29. The predicted octanol–water partition coefficient (Wildman–Crippen LogP) is 4.50. The minimum absolute atomic E-state index is 0.380. The predicted molar refractivity (Wildman–Crippen MR) is 107 cm³/mol.